The van der Waals surface area contributed by atoms with Gasteiger partial charge in [0.05, 0.1) is 36.3 Å². The number of unbranched alkanes of at least 4 members (excludes halogenated alkanes) is 4. The van der Waals surface area contributed by atoms with Crippen LogP contribution < -0.4 is 72.9 Å². The second kappa shape index (κ2) is 36.5. The van der Waals surface area contributed by atoms with Crippen LogP contribution in [-0.2, 0) is 52.6 Å². The van der Waals surface area contributed by atoms with Crippen LogP contribution in [-0.4, -0.2) is 193 Å². The summed E-state index contributed by atoms with van der Waals surface area (Å²) in [6, 6.07) is 1.43. The zero-order chi connectivity index (χ0) is 82.4. The van der Waals surface area contributed by atoms with E-state index in [0.717, 1.165) is 62.4 Å². The van der Waals surface area contributed by atoms with E-state index in [2.05, 4.69) is 49.5 Å². The summed E-state index contributed by atoms with van der Waals surface area (Å²) in [5, 5.41) is 114. The maximum Gasteiger partial charge on any atom is 0.412 e. The summed E-state index contributed by atoms with van der Waals surface area (Å²) in [6.07, 6.45) is -13.7. The van der Waals surface area contributed by atoms with E-state index in [1.807, 2.05) is 13.8 Å². The number of halogens is 1. The number of phenolic OH excluding ortho intramolecular Hbond substituents is 1. The molecule has 7 aliphatic rings. The number of rotatable bonds is 21. The number of carbonyl (C=O) groups excluding carboxylic acids is 8. The molecule has 11 bridgehead atoms. The minimum Gasteiger partial charge on any atom is -0.507 e. The predicted octanol–water partition coefficient (Wildman–Crippen LogP) is 3.50. The number of nitrogens with two attached hydrogens (primary N) is 2. The molecule has 34 nitrogen and oxygen atoms in total. The minimum atomic E-state index is -2.30. The molecule has 0 spiro atoms. The quantitative estimate of drug-likeness (QED) is 0.0467. The molecule has 0 aliphatic carbocycles. The summed E-state index contributed by atoms with van der Waals surface area (Å²) < 4.78 is 44.7. The standard InChI is InChI=1S/C78H99ClN10O24/c1-10-11-12-13-14-15-36(6)83-77(106)108-42-24-35(5)56-43-25-38(16-19-48(43)91)57-71(100)89-61(74(103)87-59(75(104)105)44(56)29-42)63(94)40-18-21-50(45(79)26-40)110-52-28-41-27-51(66(52)113-76-67(65(96)64(95)53(32-90)111-76)112-55-31-78(8,81)68(97)37(7)107-55)109-49-20-17-39(23-34(49)4)62(93)60(88-69(98)46(82-9)22-33(2)3)73(102)84-47(30-54(80)92)70(99)85-58(41)72(101)86-57/h16-21,23-29,33,36-37,46-47,53,55,57-65,67-68,76,82,90-91,93-97H,10-15,22,30-32,81H2,1-9H3,(H2,80,92)(H,83,106)(H,84,102)(H,85,99)(H,86,101)(H,87,103)(H,88,98)(H,89,100)(H,104,105)/t36?,37-,46+,47-,53+,55-,57+,58+,59-,60+,61-,62+,63+,64+,65-,67+,68+,76-,78-/m0/s1. The van der Waals surface area contributed by atoms with Gasteiger partial charge in [-0.3, -0.25) is 33.6 Å². The van der Waals surface area contributed by atoms with Crippen molar-refractivity contribution >= 4 is 65.0 Å². The van der Waals surface area contributed by atoms with Crippen molar-refractivity contribution in [3.8, 4) is 51.4 Å². The number of aliphatic hydroxyl groups excluding tert-OH is 6. The smallest absolute Gasteiger partial charge is 0.412 e. The van der Waals surface area contributed by atoms with Crippen molar-refractivity contribution in [2.75, 3.05) is 13.7 Å². The third-order valence-electron chi connectivity index (χ3n) is 20.5. The van der Waals surface area contributed by atoms with Gasteiger partial charge in [0, 0.05) is 23.6 Å². The van der Waals surface area contributed by atoms with Crippen LogP contribution in [0.5, 0.6) is 40.2 Å². The number of phenols is 1. The van der Waals surface area contributed by atoms with Crippen LogP contribution >= 0.6 is 11.6 Å². The number of aryl methyl sites for hydroxylation is 2. The van der Waals surface area contributed by atoms with Gasteiger partial charge >= 0.3 is 12.1 Å². The number of likely N-dealkylation sites (N-methyl/N-ethyl adjacent to an activating group) is 1. The Labute approximate surface area is 655 Å². The van der Waals surface area contributed by atoms with Gasteiger partial charge in [-0.1, -0.05) is 82.7 Å². The molecule has 2 fully saturated rings. The lowest BCUT2D eigenvalue weighted by Crippen LogP contribution is -2.64. The van der Waals surface area contributed by atoms with Crippen LogP contribution in [0.4, 0.5) is 4.79 Å². The number of aromatic hydroxyl groups is 1. The van der Waals surface area contributed by atoms with Gasteiger partial charge in [0.25, 0.3) is 0 Å². The van der Waals surface area contributed by atoms with Crippen molar-refractivity contribution in [1.29, 1.82) is 0 Å². The number of carboxylic acid groups (broad SMARTS) is 1. The van der Waals surface area contributed by atoms with Crippen LogP contribution in [0.25, 0.3) is 11.1 Å². The Morgan fingerprint density at radius 1 is 0.726 bits per heavy atom. The van der Waals surface area contributed by atoms with Crippen molar-refractivity contribution in [3.63, 3.8) is 0 Å². The fraction of sp³-hybridized carbons (Fsp3) is 0.500. The van der Waals surface area contributed by atoms with Crippen LogP contribution in [0.15, 0.2) is 78.9 Å². The molecule has 2 saturated heterocycles. The zero-order valence-corrected chi connectivity index (χ0v) is 64.4. The number of carboxylic acids is 1. The lowest BCUT2D eigenvalue weighted by Gasteiger charge is -2.47. The highest BCUT2D eigenvalue weighted by atomic mass is 35.5. The molecule has 5 aromatic rings. The summed E-state index contributed by atoms with van der Waals surface area (Å²) in [6.45, 7) is 12.6. The first kappa shape index (κ1) is 85.6. The van der Waals surface area contributed by atoms with Crippen molar-refractivity contribution in [3.05, 3.63) is 123 Å². The third kappa shape index (κ3) is 19.9. The van der Waals surface area contributed by atoms with Gasteiger partial charge < -0.3 is 128 Å². The van der Waals surface area contributed by atoms with E-state index < -0.39 is 209 Å². The molecular formula is C78H99ClN10O24. The fourth-order valence-electron chi connectivity index (χ4n) is 14.4. The SMILES string of the molecule is CCCCCCCC(C)NC(=O)Oc1cc(C)c2c(c1)[C@@H](C(=O)O)NC(=O)[C@H]1NC(=O)[C@H](NC(=O)[C@@H]3NC(=O)[C@H](CC(N)=O)NC(=O)[C@H](NC(=O)[C@@H](CC(C)C)NC)[C@H](O)c4ccc(c(C)c4)Oc4cc3cc(c4O[C@@H]3O[C@H](CO)[C@@H](O)[C@H](O)[C@H]3O[C@H]3C[C@](C)(N)[C@H](O)[C@H](C)O3)Oc3ccc(cc3Cl)[C@H]1O)c1ccc(O)c-2c1. The number of aliphatic hydroxyl groups is 6. The molecule has 1 unspecified atom stereocenters. The fourth-order valence-corrected chi connectivity index (χ4v) is 14.7. The van der Waals surface area contributed by atoms with E-state index in [1.54, 1.807) is 6.92 Å². The van der Waals surface area contributed by atoms with Crippen LogP contribution in [0.3, 0.4) is 0 Å². The molecule has 612 valence electrons. The topological polar surface area (TPSA) is 528 Å². The first-order valence-corrected chi connectivity index (χ1v) is 37.7. The second-order valence-corrected chi connectivity index (χ2v) is 30.4. The lowest BCUT2D eigenvalue weighted by atomic mass is 9.86. The Bertz CT molecular complexity index is 4400. The van der Waals surface area contributed by atoms with Gasteiger partial charge in [-0.2, -0.15) is 0 Å². The number of primary amides is 1. The van der Waals surface area contributed by atoms with Crippen LogP contribution in [0.1, 0.15) is 169 Å². The number of hydrogen-bond donors (Lipinski definition) is 18. The molecule has 20 N–H and O–H groups in total. The number of aliphatic carboxylic acids is 1. The number of fused-ring (bicyclic) bond motifs is 15. The molecule has 12 rings (SSSR count). The number of amides is 8. The van der Waals surface area contributed by atoms with Gasteiger partial charge in [-0.15, -0.1) is 0 Å². The molecule has 8 amide bonds. The molecule has 35 heteroatoms. The second-order valence-electron chi connectivity index (χ2n) is 30.0. The van der Waals surface area contributed by atoms with Crippen molar-refractivity contribution in [2.24, 2.45) is 17.4 Å². The Morgan fingerprint density at radius 3 is 2.01 bits per heavy atom. The van der Waals surface area contributed by atoms with Gasteiger partial charge in [-0.05, 0) is 166 Å². The summed E-state index contributed by atoms with van der Waals surface area (Å²) in [5.41, 5.74) is 9.72. The number of ether oxygens (including phenoxy) is 7. The maximum atomic E-state index is 16.3. The highest BCUT2D eigenvalue weighted by Gasteiger charge is 2.52. The summed E-state index contributed by atoms with van der Waals surface area (Å²) in [5.74, 6) is -13.5. The monoisotopic (exact) mass is 1590 g/mol. The number of nitrogens with one attached hydrogen (secondary N) is 8. The molecule has 113 heavy (non-hydrogen) atoms. The van der Waals surface area contributed by atoms with Crippen LogP contribution in [0.2, 0.25) is 5.02 Å². The average molecular weight is 1600 g/mol. The molecule has 0 radical (unpaired) electrons. The Kier molecular flexibility index (Phi) is 27.7. The largest absolute Gasteiger partial charge is 0.507 e. The van der Waals surface area contributed by atoms with Crippen molar-refractivity contribution in [1.82, 2.24) is 42.5 Å². The first-order chi connectivity index (χ1) is 53.5. The molecule has 0 saturated carbocycles. The minimum absolute atomic E-state index is 0.0233. The summed E-state index contributed by atoms with van der Waals surface area (Å²) in [4.78, 5) is 133. The molecular weight excluding hydrogens is 1500 g/mol. The average Bonchev–Trinajstić information content (AvgIpc) is 0.765. The van der Waals surface area contributed by atoms with E-state index in [-0.39, 0.29) is 86.6 Å². The Hall–Kier alpha value is -9.82. The van der Waals surface area contributed by atoms with Crippen molar-refractivity contribution < 1.29 is 117 Å². The molecule has 7 heterocycles. The Balaban J connectivity index is 1.20. The number of carbonyl (C=O) groups is 9. The van der Waals surface area contributed by atoms with Crippen molar-refractivity contribution in [2.45, 2.75) is 228 Å². The first-order valence-electron chi connectivity index (χ1n) is 37.3. The molecule has 5 aromatic carbocycles. The van der Waals surface area contributed by atoms with E-state index in [9.17, 15) is 64.8 Å². The third-order valence-corrected chi connectivity index (χ3v) is 20.8. The maximum absolute atomic E-state index is 16.3. The Morgan fingerprint density at radius 2 is 1.37 bits per heavy atom. The zero-order valence-electron chi connectivity index (χ0n) is 63.7. The highest BCUT2D eigenvalue weighted by Crippen LogP contribution is 2.49. The van der Waals surface area contributed by atoms with Gasteiger partial charge in [-0.25, -0.2) is 9.59 Å². The summed E-state index contributed by atoms with van der Waals surface area (Å²) >= 11 is 7.17. The molecule has 19 atom stereocenters. The van der Waals surface area contributed by atoms with Gasteiger partial charge in [0.2, 0.25) is 53.4 Å². The molecule has 7 aliphatic heterocycles. The molecule has 0 aromatic heterocycles. The lowest BCUT2D eigenvalue weighted by molar-refractivity contribution is -0.333. The van der Waals surface area contributed by atoms with E-state index in [0.29, 0.717) is 6.42 Å². The number of hydrogen-bond acceptors (Lipinski definition) is 25. The van der Waals surface area contributed by atoms with Crippen LogP contribution in [0, 0.1) is 19.8 Å². The number of benzene rings is 5. The van der Waals surface area contributed by atoms with Gasteiger partial charge in [0.1, 0.15) is 83.7 Å². The predicted molar refractivity (Wildman–Crippen MR) is 402 cm³/mol. The van der Waals surface area contributed by atoms with E-state index in [1.165, 1.54) is 83.3 Å². The normalized spacial score (nSPS) is 27.8. The highest BCUT2D eigenvalue weighted by molar-refractivity contribution is 6.32. The van der Waals surface area contributed by atoms with E-state index in [4.69, 9.17) is 56.2 Å². The summed E-state index contributed by atoms with van der Waals surface area (Å²) in [7, 11) is 1.50. The van der Waals surface area contributed by atoms with Gasteiger partial charge in [0.15, 0.2) is 29.9 Å². The van der Waals surface area contributed by atoms with E-state index >= 15 is 19.2 Å².